The fraction of sp³-hybridized carbons (Fsp3) is 0.529. The molecule has 1 aromatic rings. The summed E-state index contributed by atoms with van der Waals surface area (Å²) in [4.78, 5) is 0. The highest BCUT2D eigenvalue weighted by Gasteiger charge is 2.14. The third kappa shape index (κ3) is 6.40. The maximum Gasteiger partial charge on any atom is 0.0540 e. The molecule has 1 saturated carbocycles. The Morgan fingerprint density at radius 3 is 2.37 bits per heavy atom. The molecule has 0 spiro atoms. The van der Waals surface area contributed by atoms with Gasteiger partial charge in [0.2, 0.25) is 0 Å². The lowest BCUT2D eigenvalue weighted by atomic mass is 9.89. The van der Waals surface area contributed by atoms with Crippen molar-refractivity contribution in [3.8, 4) is 0 Å². The summed E-state index contributed by atoms with van der Waals surface area (Å²) in [5.41, 5.74) is 2.59. The summed E-state index contributed by atoms with van der Waals surface area (Å²) in [6.07, 6.45) is 8.69. The average molecular weight is 325 g/mol. The van der Waals surface area contributed by atoms with Crippen molar-refractivity contribution in [3.63, 3.8) is 0 Å². The first-order chi connectivity index (χ1) is 9.02. The molecule has 1 aliphatic rings. The zero-order chi connectivity index (χ0) is 14.3. The molecule has 2 rings (SSSR count). The number of benzene rings is 1. The topological polar surface area (TPSA) is 20.2 Å². The number of halogens is 1. The third-order valence-electron chi connectivity index (χ3n) is 3.57. The predicted octanol–water partition coefficient (Wildman–Crippen LogP) is 5.35. The molecule has 19 heavy (non-hydrogen) atoms. The standard InChI is InChI=1S/C10H11Br.C7H14O/c1-3-4-9-7-10(11)6-5-8(9)2;1-6-2-4-7(8)5-3-6/h3-7H,1-2H3;6-8H,2-5H2,1H3/b4-3-;. The van der Waals surface area contributed by atoms with E-state index in [9.17, 15) is 0 Å². The second-order valence-electron chi connectivity index (χ2n) is 5.41. The van der Waals surface area contributed by atoms with Crippen molar-refractivity contribution < 1.29 is 5.11 Å². The van der Waals surface area contributed by atoms with Crippen LogP contribution in [-0.2, 0) is 0 Å². The first-order valence-electron chi connectivity index (χ1n) is 7.09. The monoisotopic (exact) mass is 324 g/mol. The fourth-order valence-electron chi connectivity index (χ4n) is 2.21. The molecular weight excluding hydrogens is 300 g/mol. The van der Waals surface area contributed by atoms with Gasteiger partial charge >= 0.3 is 0 Å². The van der Waals surface area contributed by atoms with Crippen molar-refractivity contribution >= 4 is 22.0 Å². The van der Waals surface area contributed by atoms with Crippen LogP contribution < -0.4 is 0 Å². The van der Waals surface area contributed by atoms with E-state index < -0.39 is 0 Å². The van der Waals surface area contributed by atoms with Crippen LogP contribution in [-0.4, -0.2) is 11.2 Å². The SMILES string of the molecule is C/C=C\c1cc(Br)ccc1C.CC1CCC(O)CC1. The van der Waals surface area contributed by atoms with Gasteiger partial charge in [-0.2, -0.15) is 0 Å². The molecule has 0 amide bonds. The molecule has 0 heterocycles. The van der Waals surface area contributed by atoms with E-state index in [-0.39, 0.29) is 6.10 Å². The second-order valence-corrected chi connectivity index (χ2v) is 6.33. The minimum atomic E-state index is 0.0196. The lowest BCUT2D eigenvalue weighted by Gasteiger charge is -2.21. The highest BCUT2D eigenvalue weighted by molar-refractivity contribution is 9.10. The predicted molar refractivity (Wildman–Crippen MR) is 87.2 cm³/mol. The van der Waals surface area contributed by atoms with Crippen molar-refractivity contribution in [2.24, 2.45) is 5.92 Å². The summed E-state index contributed by atoms with van der Waals surface area (Å²) in [6, 6.07) is 6.29. The largest absolute Gasteiger partial charge is 0.393 e. The highest BCUT2D eigenvalue weighted by Crippen LogP contribution is 2.22. The van der Waals surface area contributed by atoms with Gasteiger partial charge in [-0.1, -0.05) is 41.1 Å². The van der Waals surface area contributed by atoms with Gasteiger partial charge in [0.15, 0.2) is 0 Å². The van der Waals surface area contributed by atoms with E-state index in [1.165, 1.54) is 24.0 Å². The highest BCUT2D eigenvalue weighted by atomic mass is 79.9. The number of rotatable bonds is 1. The van der Waals surface area contributed by atoms with Crippen molar-refractivity contribution in [2.75, 3.05) is 0 Å². The van der Waals surface area contributed by atoms with Gasteiger partial charge in [-0.25, -0.2) is 0 Å². The first kappa shape index (κ1) is 16.5. The van der Waals surface area contributed by atoms with Crippen LogP contribution in [0.4, 0.5) is 0 Å². The molecule has 0 aromatic heterocycles. The molecule has 106 valence electrons. The number of aliphatic hydroxyl groups excluding tert-OH is 1. The van der Waals surface area contributed by atoms with E-state index in [4.69, 9.17) is 5.11 Å². The Morgan fingerprint density at radius 2 is 1.84 bits per heavy atom. The van der Waals surface area contributed by atoms with E-state index in [1.807, 2.05) is 6.92 Å². The quantitative estimate of drug-likeness (QED) is 0.738. The van der Waals surface area contributed by atoms with Gasteiger partial charge < -0.3 is 5.11 Å². The zero-order valence-electron chi connectivity index (χ0n) is 12.2. The van der Waals surface area contributed by atoms with E-state index >= 15 is 0 Å². The number of hydrogen-bond acceptors (Lipinski definition) is 1. The van der Waals surface area contributed by atoms with E-state index in [0.29, 0.717) is 0 Å². The molecule has 0 atom stereocenters. The van der Waals surface area contributed by atoms with E-state index in [2.05, 4.69) is 60.1 Å². The molecule has 0 saturated heterocycles. The second kappa shape index (κ2) is 8.55. The van der Waals surface area contributed by atoms with Gasteiger partial charge in [-0.05, 0) is 68.7 Å². The zero-order valence-corrected chi connectivity index (χ0v) is 13.8. The van der Waals surface area contributed by atoms with Crippen LogP contribution in [0, 0.1) is 12.8 Å². The molecule has 2 heteroatoms. The van der Waals surface area contributed by atoms with E-state index in [1.54, 1.807) is 0 Å². The fourth-order valence-corrected chi connectivity index (χ4v) is 2.59. The molecule has 1 aliphatic carbocycles. The van der Waals surface area contributed by atoms with Gasteiger partial charge in [0.25, 0.3) is 0 Å². The summed E-state index contributed by atoms with van der Waals surface area (Å²) in [6.45, 7) is 6.40. The molecule has 0 bridgehead atoms. The van der Waals surface area contributed by atoms with Crippen LogP contribution in [0.25, 0.3) is 6.08 Å². The molecule has 0 unspecified atom stereocenters. The first-order valence-corrected chi connectivity index (χ1v) is 7.89. The number of aryl methyl sites for hydroxylation is 1. The molecule has 1 fully saturated rings. The normalized spacial score (nSPS) is 23.0. The van der Waals surface area contributed by atoms with Crippen LogP contribution in [0.5, 0.6) is 0 Å². The van der Waals surface area contributed by atoms with Crippen molar-refractivity contribution in [2.45, 2.75) is 52.6 Å². The van der Waals surface area contributed by atoms with Crippen LogP contribution >= 0.6 is 15.9 Å². The Balaban J connectivity index is 0.000000200. The maximum atomic E-state index is 9.03. The van der Waals surface area contributed by atoms with Crippen LogP contribution in [0.15, 0.2) is 28.7 Å². The molecule has 0 radical (unpaired) electrons. The Morgan fingerprint density at radius 1 is 1.21 bits per heavy atom. The molecule has 0 aliphatic heterocycles. The summed E-state index contributed by atoms with van der Waals surface area (Å²) in [5.74, 6) is 0.860. The summed E-state index contributed by atoms with van der Waals surface area (Å²) in [5, 5.41) is 9.03. The Kier molecular flexibility index (Phi) is 7.40. The lowest BCUT2D eigenvalue weighted by molar-refractivity contribution is 0.112. The lowest BCUT2D eigenvalue weighted by Crippen LogP contribution is -2.15. The number of hydrogen-bond donors (Lipinski definition) is 1. The minimum absolute atomic E-state index is 0.0196. The average Bonchev–Trinajstić information content (AvgIpc) is 2.39. The van der Waals surface area contributed by atoms with Crippen molar-refractivity contribution in [1.29, 1.82) is 0 Å². The summed E-state index contributed by atoms with van der Waals surface area (Å²) < 4.78 is 1.14. The van der Waals surface area contributed by atoms with Crippen molar-refractivity contribution in [1.82, 2.24) is 0 Å². The number of aliphatic hydroxyl groups is 1. The van der Waals surface area contributed by atoms with Gasteiger partial charge in [-0.15, -0.1) is 0 Å². The van der Waals surface area contributed by atoms with Gasteiger partial charge in [0, 0.05) is 4.47 Å². The van der Waals surface area contributed by atoms with Crippen molar-refractivity contribution in [3.05, 3.63) is 39.9 Å². The minimum Gasteiger partial charge on any atom is -0.393 e. The third-order valence-corrected chi connectivity index (χ3v) is 4.07. The summed E-state index contributed by atoms with van der Waals surface area (Å²) >= 11 is 3.43. The van der Waals surface area contributed by atoms with Gasteiger partial charge in [0.05, 0.1) is 6.10 Å². The smallest absolute Gasteiger partial charge is 0.0540 e. The Hall–Kier alpha value is -0.600. The van der Waals surface area contributed by atoms with Crippen LogP contribution in [0.1, 0.15) is 50.7 Å². The molecule has 1 N–H and O–H groups in total. The summed E-state index contributed by atoms with van der Waals surface area (Å²) in [7, 11) is 0. The van der Waals surface area contributed by atoms with Gasteiger partial charge in [-0.3, -0.25) is 0 Å². The van der Waals surface area contributed by atoms with Crippen LogP contribution in [0.3, 0.4) is 0 Å². The van der Waals surface area contributed by atoms with Gasteiger partial charge in [0.1, 0.15) is 0 Å². The maximum absolute atomic E-state index is 9.03. The number of allylic oxidation sites excluding steroid dienone is 1. The molecular formula is C17H25BrO. The Bertz CT molecular complexity index is 394. The molecule has 1 nitrogen and oxygen atoms in total. The Labute approximate surface area is 125 Å². The van der Waals surface area contributed by atoms with Crippen LogP contribution in [0.2, 0.25) is 0 Å². The molecule has 1 aromatic carbocycles. The van der Waals surface area contributed by atoms with E-state index in [0.717, 1.165) is 23.2 Å².